The Balaban J connectivity index is 1.70. The molecule has 2 aromatic carbocycles. The van der Waals surface area contributed by atoms with Gasteiger partial charge in [-0.1, -0.05) is 18.2 Å². The van der Waals surface area contributed by atoms with Gasteiger partial charge in [-0.15, -0.1) is 0 Å². The third-order valence-corrected chi connectivity index (χ3v) is 6.76. The molecular formula is C25H24N4O5S. The van der Waals surface area contributed by atoms with Crippen LogP contribution in [-0.2, 0) is 20.9 Å². The second-order valence-electron chi connectivity index (χ2n) is 8.05. The summed E-state index contributed by atoms with van der Waals surface area (Å²) in [7, 11) is 0. The van der Waals surface area contributed by atoms with Gasteiger partial charge in [-0.3, -0.25) is 19.7 Å². The second-order valence-corrected chi connectivity index (χ2v) is 9.08. The zero-order valence-electron chi connectivity index (χ0n) is 19.7. The van der Waals surface area contributed by atoms with Crippen molar-refractivity contribution in [3.8, 4) is 0 Å². The summed E-state index contributed by atoms with van der Waals surface area (Å²) >= 11 is 1.16. The van der Waals surface area contributed by atoms with Crippen LogP contribution in [-0.4, -0.2) is 33.1 Å². The van der Waals surface area contributed by atoms with E-state index in [4.69, 9.17) is 4.74 Å². The number of amidine groups is 1. The van der Waals surface area contributed by atoms with Crippen LogP contribution in [0.4, 0.5) is 11.4 Å². The number of nitrogens with one attached hydrogen (secondary N) is 1. The molecule has 0 unspecified atom stereocenters. The van der Waals surface area contributed by atoms with Crippen LogP contribution in [0.15, 0.2) is 46.3 Å². The van der Waals surface area contributed by atoms with Gasteiger partial charge in [0.25, 0.3) is 11.6 Å². The van der Waals surface area contributed by atoms with Crippen LogP contribution in [0.25, 0.3) is 17.0 Å². The number of ether oxygens (including phenoxy) is 1. The normalized spacial score (nSPS) is 15.7. The quantitative estimate of drug-likeness (QED) is 0.226. The molecule has 1 aliphatic rings. The largest absolute Gasteiger partial charge is 0.465 e. The van der Waals surface area contributed by atoms with E-state index in [2.05, 4.69) is 10.3 Å². The van der Waals surface area contributed by atoms with Gasteiger partial charge in [-0.05, 0) is 63.2 Å². The number of para-hydroxylation sites is 1. The molecule has 0 radical (unpaired) electrons. The minimum Gasteiger partial charge on any atom is -0.465 e. The standard InChI is InChI=1S/C25H24N4O5S/c1-5-34-23(30)13-28-16(4)19(18-8-6-7-9-20(18)28)12-22-24(31)27-25(35-22)26-17-10-14(2)15(3)21(11-17)29(32)33/h6-12H,5,13H2,1-4H3,(H,26,27,31)/b22-12-. The van der Waals surface area contributed by atoms with Gasteiger partial charge in [0, 0.05) is 33.8 Å². The van der Waals surface area contributed by atoms with Gasteiger partial charge in [-0.25, -0.2) is 4.99 Å². The highest BCUT2D eigenvalue weighted by molar-refractivity contribution is 8.18. The Hall–Kier alpha value is -3.92. The highest BCUT2D eigenvalue weighted by Gasteiger charge is 2.26. The molecule has 2 heterocycles. The molecule has 180 valence electrons. The van der Waals surface area contributed by atoms with Gasteiger partial charge < -0.3 is 14.6 Å². The highest BCUT2D eigenvalue weighted by Crippen LogP contribution is 2.34. The number of fused-ring (bicyclic) bond motifs is 1. The van der Waals surface area contributed by atoms with E-state index < -0.39 is 4.92 Å². The first-order chi connectivity index (χ1) is 16.7. The maximum Gasteiger partial charge on any atom is 0.325 e. The lowest BCUT2D eigenvalue weighted by molar-refractivity contribution is -0.385. The molecule has 3 aromatic rings. The van der Waals surface area contributed by atoms with Crippen molar-refractivity contribution in [1.29, 1.82) is 0 Å². The van der Waals surface area contributed by atoms with Crippen LogP contribution in [0, 0.1) is 30.9 Å². The van der Waals surface area contributed by atoms with Gasteiger partial charge in [0.2, 0.25) is 0 Å². The topological polar surface area (TPSA) is 116 Å². The molecule has 1 aliphatic heterocycles. The average molecular weight is 493 g/mol. The number of hydrogen-bond acceptors (Lipinski definition) is 7. The van der Waals surface area contributed by atoms with Crippen LogP contribution >= 0.6 is 11.8 Å². The molecule has 9 nitrogen and oxygen atoms in total. The summed E-state index contributed by atoms with van der Waals surface area (Å²) in [6.45, 7) is 7.51. The Morgan fingerprint density at radius 1 is 1.26 bits per heavy atom. The minimum atomic E-state index is -0.438. The van der Waals surface area contributed by atoms with Crippen LogP contribution in [0.1, 0.15) is 29.3 Å². The van der Waals surface area contributed by atoms with Crippen LogP contribution < -0.4 is 5.32 Å². The summed E-state index contributed by atoms with van der Waals surface area (Å²) in [4.78, 5) is 40.7. The van der Waals surface area contributed by atoms with Crippen molar-refractivity contribution in [2.45, 2.75) is 34.2 Å². The fraction of sp³-hybridized carbons (Fsp3) is 0.240. The van der Waals surface area contributed by atoms with Crippen molar-refractivity contribution < 1.29 is 19.2 Å². The van der Waals surface area contributed by atoms with Crippen molar-refractivity contribution >= 4 is 57.2 Å². The molecule has 4 rings (SSSR count). The maximum absolute atomic E-state index is 12.7. The number of aromatic nitrogens is 1. The first-order valence-corrected chi connectivity index (χ1v) is 11.8. The lowest BCUT2D eigenvalue weighted by Crippen LogP contribution is -2.19. The second kappa shape index (κ2) is 9.75. The molecule has 10 heteroatoms. The predicted octanol–water partition coefficient (Wildman–Crippen LogP) is 4.93. The summed E-state index contributed by atoms with van der Waals surface area (Å²) in [6, 6.07) is 10.8. The molecular weight excluding hydrogens is 468 g/mol. The van der Waals surface area contributed by atoms with Crippen LogP contribution in [0.3, 0.4) is 0 Å². The van der Waals surface area contributed by atoms with Crippen molar-refractivity contribution in [3.05, 3.63) is 73.8 Å². The third kappa shape index (κ3) is 4.83. The number of benzene rings is 2. The number of rotatable bonds is 6. The number of esters is 1. The Morgan fingerprint density at radius 2 is 2.00 bits per heavy atom. The van der Waals surface area contributed by atoms with Crippen LogP contribution in [0.2, 0.25) is 0 Å². The number of nitrogens with zero attached hydrogens (tertiary/aromatic N) is 3. The number of nitro groups is 1. The number of nitro benzene ring substituents is 1. The minimum absolute atomic E-state index is 0.0144. The van der Waals surface area contributed by atoms with Crippen molar-refractivity contribution in [1.82, 2.24) is 9.88 Å². The zero-order chi connectivity index (χ0) is 25.3. The molecule has 0 saturated carbocycles. The van der Waals surface area contributed by atoms with Gasteiger partial charge in [0.15, 0.2) is 5.17 Å². The van der Waals surface area contributed by atoms with E-state index in [1.54, 1.807) is 32.9 Å². The van der Waals surface area contributed by atoms with E-state index in [0.29, 0.717) is 27.9 Å². The molecule has 0 atom stereocenters. The molecule has 0 spiro atoms. The molecule has 35 heavy (non-hydrogen) atoms. The Kier molecular flexibility index (Phi) is 6.74. The van der Waals surface area contributed by atoms with E-state index in [0.717, 1.165) is 39.5 Å². The zero-order valence-corrected chi connectivity index (χ0v) is 20.6. The summed E-state index contributed by atoms with van der Waals surface area (Å²) in [5.74, 6) is -0.644. The van der Waals surface area contributed by atoms with Gasteiger partial charge in [0.05, 0.1) is 22.1 Å². The molecule has 1 aromatic heterocycles. The summed E-state index contributed by atoms with van der Waals surface area (Å²) in [5.41, 5.74) is 4.22. The SMILES string of the molecule is CCOC(=O)Cn1c(C)c(/C=C2\SC(=Nc3cc(C)c(C)c([N+](=O)[O-])c3)NC2=O)c2ccccc21. The number of aliphatic imine (C=N–C) groups is 1. The molecule has 1 N–H and O–H groups in total. The van der Waals surface area contributed by atoms with E-state index in [-0.39, 0.29) is 24.1 Å². The Labute approximate surface area is 206 Å². The highest BCUT2D eigenvalue weighted by atomic mass is 32.2. The fourth-order valence-electron chi connectivity index (χ4n) is 3.98. The number of carbonyl (C=O) groups excluding carboxylic acids is 2. The maximum atomic E-state index is 12.7. The molecule has 0 aliphatic carbocycles. The van der Waals surface area contributed by atoms with E-state index in [1.165, 1.54) is 6.07 Å². The Bertz CT molecular complexity index is 1440. The number of amides is 1. The fourth-order valence-corrected chi connectivity index (χ4v) is 4.81. The summed E-state index contributed by atoms with van der Waals surface area (Å²) in [5, 5.41) is 15.3. The number of thioether (sulfide) groups is 1. The molecule has 1 fully saturated rings. The summed E-state index contributed by atoms with van der Waals surface area (Å²) < 4.78 is 6.99. The average Bonchev–Trinajstić information content (AvgIpc) is 3.28. The van der Waals surface area contributed by atoms with Gasteiger partial charge in [-0.2, -0.15) is 0 Å². The van der Waals surface area contributed by atoms with Gasteiger partial charge >= 0.3 is 5.97 Å². The lowest BCUT2D eigenvalue weighted by atomic mass is 10.1. The Morgan fingerprint density at radius 3 is 2.71 bits per heavy atom. The van der Waals surface area contributed by atoms with Crippen molar-refractivity contribution in [2.24, 2.45) is 4.99 Å². The van der Waals surface area contributed by atoms with Gasteiger partial charge in [0.1, 0.15) is 6.54 Å². The van der Waals surface area contributed by atoms with Crippen molar-refractivity contribution in [2.75, 3.05) is 6.61 Å². The smallest absolute Gasteiger partial charge is 0.325 e. The summed E-state index contributed by atoms with van der Waals surface area (Å²) in [6.07, 6.45) is 1.78. The molecule has 1 saturated heterocycles. The van der Waals surface area contributed by atoms with Crippen LogP contribution in [0.5, 0.6) is 0 Å². The first-order valence-electron chi connectivity index (χ1n) is 11.0. The predicted molar refractivity (Wildman–Crippen MR) is 137 cm³/mol. The number of carbonyl (C=O) groups is 2. The molecule has 1 amide bonds. The third-order valence-electron chi connectivity index (χ3n) is 5.85. The lowest BCUT2D eigenvalue weighted by Gasteiger charge is -2.07. The monoisotopic (exact) mass is 492 g/mol. The van der Waals surface area contributed by atoms with E-state index in [9.17, 15) is 19.7 Å². The molecule has 0 bridgehead atoms. The van der Waals surface area contributed by atoms with E-state index in [1.807, 2.05) is 35.8 Å². The number of aryl methyl sites for hydroxylation is 1. The first kappa shape index (κ1) is 24.2. The van der Waals surface area contributed by atoms with E-state index >= 15 is 0 Å². The number of hydrogen-bond donors (Lipinski definition) is 1. The van der Waals surface area contributed by atoms with Crippen molar-refractivity contribution in [3.63, 3.8) is 0 Å².